The van der Waals surface area contributed by atoms with E-state index in [4.69, 9.17) is 0 Å². The molecule has 0 spiro atoms. The minimum Gasteiger partial charge on any atom is -0.0901 e. The van der Waals surface area contributed by atoms with E-state index >= 15 is 0 Å². The summed E-state index contributed by atoms with van der Waals surface area (Å²) < 4.78 is 2.87. The highest BCUT2D eigenvalue weighted by molar-refractivity contribution is 7.99. The summed E-state index contributed by atoms with van der Waals surface area (Å²) in [4.78, 5) is 13.5. The van der Waals surface area contributed by atoms with E-state index in [2.05, 4.69) is 225 Å². The average molecular weight is 980 g/mol. The fourth-order valence-corrected chi connectivity index (χ4v) is 16.2. The van der Waals surface area contributed by atoms with Crippen molar-refractivity contribution in [2.45, 2.75) is 104 Å². The second-order valence-electron chi connectivity index (χ2n) is 15.6. The lowest BCUT2D eigenvalue weighted by atomic mass is 10.1. The molecular formula is C56H52IS4+3. The Morgan fingerprint density at radius 3 is 0.803 bits per heavy atom. The van der Waals surface area contributed by atoms with Gasteiger partial charge in [0.25, 0.3) is 0 Å². The standard InChI is InChI=1S/C56H52IS4/c1-37-13-9-17-53(41(37)5)60(54-18-10-14-38(2)42(54)6)51-33-29-49(30-34-51)58-47-25-21-45(22-26-47)57-46-23-27-48(28-24-46)59-50-31-35-52(36-32-50)61(55-19-11-15-39(3)43(55)7)56-20-12-16-40(4)44(56)8/h9-36H,1-8H3/q+3. The Labute approximate surface area is 389 Å². The molecule has 0 aliphatic heterocycles. The molecule has 0 aromatic heterocycles. The molecular weight excluding hydrogens is 928 g/mol. The lowest BCUT2D eigenvalue weighted by Gasteiger charge is -2.14. The van der Waals surface area contributed by atoms with Crippen LogP contribution in [0.3, 0.4) is 0 Å². The van der Waals surface area contributed by atoms with Crippen LogP contribution < -0.4 is 21.2 Å². The second-order valence-corrected chi connectivity index (χ2v) is 24.8. The molecule has 0 fully saturated rings. The molecule has 0 bridgehead atoms. The van der Waals surface area contributed by atoms with Gasteiger partial charge in [0.2, 0.25) is 0 Å². The summed E-state index contributed by atoms with van der Waals surface area (Å²) in [6.45, 7) is 18.0. The third-order valence-electron chi connectivity index (χ3n) is 11.5. The van der Waals surface area contributed by atoms with Gasteiger partial charge >= 0.3 is 21.2 Å². The fraction of sp³-hybridized carbons (Fsp3) is 0.143. The fourth-order valence-electron chi connectivity index (χ4n) is 7.34. The lowest BCUT2D eigenvalue weighted by Crippen LogP contribution is -3.61. The average Bonchev–Trinajstić information content (AvgIpc) is 3.26. The van der Waals surface area contributed by atoms with Crippen molar-refractivity contribution in [3.05, 3.63) is 222 Å². The molecule has 8 aromatic rings. The predicted molar refractivity (Wildman–Crippen MR) is 259 cm³/mol. The SMILES string of the molecule is Cc1cccc([S+](c2ccc(Sc3ccc([I+]c4ccc(Sc5ccc([S+](c6cccc(C)c6C)c6cccc(C)c6C)cc5)cc4)cc3)cc2)c2cccc(C)c2C)c1C. The summed E-state index contributed by atoms with van der Waals surface area (Å²) in [5.41, 5.74) is 10.9. The van der Waals surface area contributed by atoms with Crippen molar-refractivity contribution in [2.24, 2.45) is 0 Å². The van der Waals surface area contributed by atoms with E-state index in [1.807, 2.05) is 23.5 Å². The van der Waals surface area contributed by atoms with Crippen LogP contribution in [-0.4, -0.2) is 0 Å². The predicted octanol–water partition coefficient (Wildman–Crippen LogP) is 12.8. The van der Waals surface area contributed by atoms with Crippen LogP contribution in [0.25, 0.3) is 0 Å². The van der Waals surface area contributed by atoms with E-state index in [-0.39, 0.29) is 43.0 Å². The summed E-state index contributed by atoms with van der Waals surface area (Å²) in [6.07, 6.45) is 0. The van der Waals surface area contributed by atoms with Crippen LogP contribution in [-0.2, 0) is 21.8 Å². The summed E-state index contributed by atoms with van der Waals surface area (Å²) in [7, 11) is -0.345. The molecule has 0 aliphatic rings. The Kier molecular flexibility index (Phi) is 13.9. The monoisotopic (exact) mass is 979 g/mol. The lowest BCUT2D eigenvalue weighted by molar-refractivity contribution is -0.597. The van der Waals surface area contributed by atoms with E-state index in [1.54, 1.807) is 0 Å². The van der Waals surface area contributed by atoms with Gasteiger partial charge in [-0.25, -0.2) is 0 Å². The van der Waals surface area contributed by atoms with Crippen LogP contribution >= 0.6 is 23.5 Å². The van der Waals surface area contributed by atoms with Crippen LogP contribution in [0.1, 0.15) is 44.5 Å². The Bertz CT molecular complexity index is 2490. The van der Waals surface area contributed by atoms with Gasteiger partial charge in [-0.15, -0.1) is 0 Å². The number of hydrogen-bond acceptors (Lipinski definition) is 2. The molecule has 0 aliphatic carbocycles. The summed E-state index contributed by atoms with van der Waals surface area (Å²) in [5.74, 6) is 0. The molecule has 0 heterocycles. The van der Waals surface area contributed by atoms with Gasteiger partial charge in [0.15, 0.2) is 36.5 Å². The molecule has 8 rings (SSSR count). The van der Waals surface area contributed by atoms with Crippen molar-refractivity contribution < 1.29 is 21.2 Å². The van der Waals surface area contributed by atoms with Gasteiger partial charge < -0.3 is 0 Å². The van der Waals surface area contributed by atoms with Crippen molar-refractivity contribution in [3.63, 3.8) is 0 Å². The number of halogens is 1. The molecule has 0 atom stereocenters. The second kappa shape index (κ2) is 19.5. The zero-order valence-corrected chi connectivity index (χ0v) is 41.6. The van der Waals surface area contributed by atoms with Gasteiger partial charge in [-0.05, 0) is 199 Å². The maximum atomic E-state index is 2.35. The van der Waals surface area contributed by atoms with Crippen LogP contribution in [0.5, 0.6) is 0 Å². The van der Waals surface area contributed by atoms with Gasteiger partial charge in [0.05, 0.1) is 21.8 Å². The highest BCUT2D eigenvalue weighted by atomic mass is 127. The highest BCUT2D eigenvalue weighted by Gasteiger charge is 2.34. The number of rotatable bonds is 12. The van der Waals surface area contributed by atoms with E-state index < -0.39 is 0 Å². The van der Waals surface area contributed by atoms with Crippen molar-refractivity contribution in [2.75, 3.05) is 0 Å². The maximum Gasteiger partial charge on any atom is 0.357 e. The Morgan fingerprint density at radius 1 is 0.295 bits per heavy atom. The first-order chi connectivity index (χ1) is 29.5. The van der Waals surface area contributed by atoms with Crippen LogP contribution in [0.15, 0.2) is 219 Å². The molecule has 5 heteroatoms. The quantitative estimate of drug-likeness (QED) is 0.0884. The highest BCUT2D eigenvalue weighted by Crippen LogP contribution is 2.40. The van der Waals surface area contributed by atoms with Gasteiger partial charge in [0, 0.05) is 41.8 Å². The first-order valence-electron chi connectivity index (χ1n) is 20.7. The molecule has 0 saturated heterocycles. The van der Waals surface area contributed by atoms with Crippen molar-refractivity contribution in [1.82, 2.24) is 0 Å². The molecule has 8 aromatic carbocycles. The largest absolute Gasteiger partial charge is 0.357 e. The topological polar surface area (TPSA) is 0 Å². The Morgan fingerprint density at radius 2 is 0.541 bits per heavy atom. The number of benzene rings is 8. The molecule has 0 amide bonds. The minimum atomic E-state index is -0.270. The smallest absolute Gasteiger partial charge is 0.0901 e. The van der Waals surface area contributed by atoms with Gasteiger partial charge in [-0.3, -0.25) is 0 Å². The van der Waals surface area contributed by atoms with Crippen molar-refractivity contribution in [3.8, 4) is 0 Å². The Hall–Kier alpha value is -4.11. The Balaban J connectivity index is 0.917. The molecule has 61 heavy (non-hydrogen) atoms. The molecule has 0 N–H and O–H groups in total. The normalized spacial score (nSPS) is 11.4. The molecule has 0 saturated carbocycles. The number of aryl methyl sites for hydroxylation is 4. The van der Waals surface area contributed by atoms with Crippen molar-refractivity contribution >= 4 is 45.3 Å². The summed E-state index contributed by atoms with van der Waals surface area (Å²) in [6, 6.07) is 64.2. The maximum absolute atomic E-state index is 2.35. The molecule has 0 unspecified atom stereocenters. The summed E-state index contributed by atoms with van der Waals surface area (Å²) >= 11 is 3.42. The van der Waals surface area contributed by atoms with Gasteiger partial charge in [0.1, 0.15) is 0 Å². The minimum absolute atomic E-state index is 0.172. The summed E-state index contributed by atoms with van der Waals surface area (Å²) in [5, 5.41) is 0. The number of hydrogen-bond donors (Lipinski definition) is 0. The van der Waals surface area contributed by atoms with Crippen molar-refractivity contribution in [1.29, 1.82) is 0 Å². The molecule has 0 nitrogen and oxygen atoms in total. The van der Waals surface area contributed by atoms with Crippen LogP contribution in [0.2, 0.25) is 0 Å². The third kappa shape index (κ3) is 9.92. The first-order valence-corrected chi connectivity index (χ1v) is 26.9. The van der Waals surface area contributed by atoms with E-state index in [0.717, 1.165) is 0 Å². The zero-order chi connectivity index (χ0) is 42.6. The first kappa shape index (κ1) is 43.5. The van der Waals surface area contributed by atoms with Crippen LogP contribution in [0.4, 0.5) is 0 Å². The van der Waals surface area contributed by atoms with E-state index in [9.17, 15) is 0 Å². The molecule has 0 radical (unpaired) electrons. The van der Waals surface area contributed by atoms with E-state index in [1.165, 1.54) is 101 Å². The van der Waals surface area contributed by atoms with Crippen LogP contribution in [0, 0.1) is 62.5 Å². The third-order valence-corrected chi connectivity index (χ3v) is 21.3. The zero-order valence-electron chi connectivity index (χ0n) is 36.2. The van der Waals surface area contributed by atoms with Gasteiger partial charge in [-0.1, -0.05) is 72.1 Å². The van der Waals surface area contributed by atoms with E-state index in [0.29, 0.717) is 0 Å². The van der Waals surface area contributed by atoms with Gasteiger partial charge in [-0.2, -0.15) is 0 Å². The molecule has 304 valence electrons.